The van der Waals surface area contributed by atoms with Gasteiger partial charge in [-0.15, -0.1) is 0 Å². The van der Waals surface area contributed by atoms with Crippen LogP contribution in [0.4, 0.5) is 16.2 Å². The topological polar surface area (TPSA) is 58.6 Å². The Hall–Kier alpha value is -2.70. The summed E-state index contributed by atoms with van der Waals surface area (Å²) >= 11 is 0. The van der Waals surface area contributed by atoms with Crippen LogP contribution in [0.25, 0.3) is 0 Å². The van der Waals surface area contributed by atoms with Crippen molar-refractivity contribution in [3.8, 4) is 5.75 Å². The minimum atomic E-state index is -0.371. The van der Waals surface area contributed by atoms with Gasteiger partial charge in [0.2, 0.25) is 5.95 Å². The Balaban J connectivity index is 1.06. The van der Waals surface area contributed by atoms with E-state index in [0.29, 0.717) is 48.4 Å². The van der Waals surface area contributed by atoms with Gasteiger partial charge in [0.1, 0.15) is 17.6 Å². The lowest BCUT2D eigenvalue weighted by molar-refractivity contribution is -0.120. The lowest BCUT2D eigenvalue weighted by Crippen LogP contribution is -2.28. The molecule has 2 saturated carbocycles. The fourth-order valence-corrected chi connectivity index (χ4v) is 5.49. The van der Waals surface area contributed by atoms with Gasteiger partial charge in [0.15, 0.2) is 11.6 Å². The first-order chi connectivity index (χ1) is 16.5. The molecule has 0 amide bonds. The number of hydrogen-bond donors (Lipinski definition) is 0. The van der Waals surface area contributed by atoms with E-state index in [2.05, 4.69) is 33.9 Å². The number of anilines is 2. The molecule has 1 spiro atoms. The van der Waals surface area contributed by atoms with Gasteiger partial charge in [-0.1, -0.05) is 19.1 Å². The first-order valence-corrected chi connectivity index (χ1v) is 12.8. The summed E-state index contributed by atoms with van der Waals surface area (Å²) in [5, 5.41) is 0. The minimum absolute atomic E-state index is 0.0148. The Labute approximate surface area is 200 Å². The molecule has 1 aromatic carbocycles. The molecule has 2 saturated heterocycles. The largest absolute Gasteiger partial charge is 0.489 e. The maximum atomic E-state index is 14.6. The van der Waals surface area contributed by atoms with Crippen molar-refractivity contribution in [3.63, 3.8) is 0 Å². The van der Waals surface area contributed by atoms with Gasteiger partial charge in [-0.05, 0) is 61.1 Å². The van der Waals surface area contributed by atoms with Crippen molar-refractivity contribution < 1.29 is 13.9 Å². The van der Waals surface area contributed by atoms with Crippen LogP contribution in [0.2, 0.25) is 0 Å². The fourth-order valence-electron chi connectivity index (χ4n) is 5.49. The van der Waals surface area contributed by atoms with Crippen molar-refractivity contribution in [1.29, 1.82) is 0 Å². The van der Waals surface area contributed by atoms with Crippen LogP contribution < -0.4 is 14.5 Å². The van der Waals surface area contributed by atoms with E-state index >= 15 is 0 Å². The van der Waals surface area contributed by atoms with Crippen molar-refractivity contribution in [1.82, 2.24) is 9.97 Å². The molecule has 6 rings (SSSR count). The van der Waals surface area contributed by atoms with Gasteiger partial charge in [0, 0.05) is 38.4 Å². The highest BCUT2D eigenvalue weighted by atomic mass is 19.1. The summed E-state index contributed by atoms with van der Waals surface area (Å²) in [6, 6.07) is 8.10. The molecule has 34 heavy (non-hydrogen) atoms. The van der Waals surface area contributed by atoms with Gasteiger partial charge in [-0.25, -0.2) is 9.37 Å². The number of aromatic nitrogens is 2. The molecule has 1 aromatic heterocycles. The Morgan fingerprint density at radius 1 is 1.15 bits per heavy atom. The van der Waals surface area contributed by atoms with E-state index in [4.69, 9.17) is 4.74 Å². The lowest BCUT2D eigenvalue weighted by atomic mass is 9.94. The predicted molar refractivity (Wildman–Crippen MR) is 129 cm³/mol. The van der Waals surface area contributed by atoms with Crippen molar-refractivity contribution in [2.45, 2.75) is 63.9 Å². The minimum Gasteiger partial charge on any atom is -0.489 e. The SMILES string of the molecule is C[C@H](CC(=O)C1CC1)c1ccc(O[C@@H]2CCN(c3nc(N4CCC5(CC5)C4)ncc3F)C2)cc1. The Morgan fingerprint density at radius 2 is 1.94 bits per heavy atom. The number of ketones is 1. The molecule has 2 aliphatic heterocycles. The van der Waals surface area contributed by atoms with E-state index in [1.54, 1.807) is 0 Å². The molecule has 2 aromatic rings. The first-order valence-electron chi connectivity index (χ1n) is 12.8. The van der Waals surface area contributed by atoms with E-state index < -0.39 is 0 Å². The number of benzene rings is 1. The maximum absolute atomic E-state index is 14.6. The smallest absolute Gasteiger partial charge is 0.227 e. The zero-order chi connectivity index (χ0) is 23.3. The second-order valence-corrected chi connectivity index (χ2v) is 10.9. The third-order valence-corrected chi connectivity index (χ3v) is 8.13. The van der Waals surface area contributed by atoms with E-state index in [1.165, 1.54) is 31.0 Å². The lowest BCUT2D eigenvalue weighted by Gasteiger charge is -2.22. The molecule has 4 aliphatic rings. The summed E-state index contributed by atoms with van der Waals surface area (Å²) in [6.07, 6.45) is 8.65. The predicted octanol–water partition coefficient (Wildman–Crippen LogP) is 4.74. The van der Waals surface area contributed by atoms with Crippen molar-refractivity contribution in [2.75, 3.05) is 36.0 Å². The van der Waals surface area contributed by atoms with E-state index in [9.17, 15) is 9.18 Å². The summed E-state index contributed by atoms with van der Waals surface area (Å²) in [5.41, 5.74) is 1.64. The van der Waals surface area contributed by atoms with Crippen LogP contribution in [0, 0.1) is 17.2 Å². The summed E-state index contributed by atoms with van der Waals surface area (Å²) in [7, 11) is 0. The Bertz CT molecular complexity index is 1070. The molecule has 4 fully saturated rings. The number of hydrogen-bond acceptors (Lipinski definition) is 6. The van der Waals surface area contributed by atoms with Crippen molar-refractivity contribution in [3.05, 3.63) is 41.8 Å². The van der Waals surface area contributed by atoms with Gasteiger partial charge in [-0.3, -0.25) is 4.79 Å². The number of rotatable bonds is 8. The first kappa shape index (κ1) is 21.8. The molecule has 7 heteroatoms. The molecule has 3 heterocycles. The second-order valence-electron chi connectivity index (χ2n) is 10.9. The molecule has 0 bridgehead atoms. The van der Waals surface area contributed by atoms with E-state index in [0.717, 1.165) is 38.1 Å². The summed E-state index contributed by atoms with van der Waals surface area (Å²) < 4.78 is 20.9. The zero-order valence-electron chi connectivity index (χ0n) is 19.9. The van der Waals surface area contributed by atoms with Crippen LogP contribution in [-0.4, -0.2) is 48.0 Å². The molecule has 0 radical (unpaired) electrons. The Kier molecular flexibility index (Phi) is 5.46. The van der Waals surface area contributed by atoms with Crippen LogP contribution >= 0.6 is 0 Å². The number of carbonyl (C=O) groups excluding carboxylic acids is 1. The molecule has 2 aliphatic carbocycles. The van der Waals surface area contributed by atoms with Gasteiger partial charge in [0.05, 0.1) is 12.7 Å². The number of nitrogens with zero attached hydrogens (tertiary/aromatic N) is 4. The van der Waals surface area contributed by atoms with Gasteiger partial charge < -0.3 is 14.5 Å². The number of Topliss-reactive ketones (excluding diaryl/α,β-unsaturated/α-hetero) is 1. The number of ether oxygens (including phenoxy) is 1. The van der Waals surface area contributed by atoms with Gasteiger partial charge in [0.25, 0.3) is 0 Å². The summed E-state index contributed by atoms with van der Waals surface area (Å²) in [4.78, 5) is 25.2. The third kappa shape index (κ3) is 4.49. The fraction of sp³-hybridized carbons (Fsp3) is 0.593. The monoisotopic (exact) mass is 464 g/mol. The molecule has 0 unspecified atom stereocenters. The van der Waals surface area contributed by atoms with Crippen LogP contribution in [0.15, 0.2) is 30.5 Å². The van der Waals surface area contributed by atoms with Crippen LogP contribution in [0.1, 0.15) is 63.4 Å². The normalized spacial score (nSPS) is 24.0. The zero-order valence-corrected chi connectivity index (χ0v) is 19.9. The van der Waals surface area contributed by atoms with E-state index in [-0.39, 0.29) is 17.8 Å². The molecule has 6 nitrogen and oxygen atoms in total. The molecule has 0 N–H and O–H groups in total. The van der Waals surface area contributed by atoms with Crippen molar-refractivity contribution in [2.24, 2.45) is 11.3 Å². The molecule has 180 valence electrons. The van der Waals surface area contributed by atoms with Crippen molar-refractivity contribution >= 4 is 17.5 Å². The highest BCUT2D eigenvalue weighted by Crippen LogP contribution is 2.53. The molecular weight excluding hydrogens is 431 g/mol. The van der Waals surface area contributed by atoms with E-state index in [1.807, 2.05) is 17.0 Å². The highest BCUT2D eigenvalue weighted by Gasteiger charge is 2.48. The Morgan fingerprint density at radius 3 is 2.65 bits per heavy atom. The van der Waals surface area contributed by atoms with Crippen LogP contribution in [0.3, 0.4) is 0 Å². The summed E-state index contributed by atoms with van der Waals surface area (Å²) in [5.74, 6) is 2.42. The van der Waals surface area contributed by atoms with Gasteiger partial charge >= 0.3 is 0 Å². The average molecular weight is 465 g/mol. The summed E-state index contributed by atoms with van der Waals surface area (Å²) in [6.45, 7) is 5.38. The standard InChI is InChI=1S/C27H33FN4O2/c1-18(14-24(33)20-2-3-20)19-4-6-21(7-5-19)34-22-8-12-31(16-22)25-23(28)15-29-26(30-25)32-13-11-27(17-32)9-10-27/h4-7,15,18,20,22H,2-3,8-14,16-17H2,1H3/t18-,22-/m1/s1. The quantitative estimate of drug-likeness (QED) is 0.563. The maximum Gasteiger partial charge on any atom is 0.227 e. The molecule has 2 atom stereocenters. The second kappa shape index (κ2) is 8.51. The van der Waals surface area contributed by atoms with Crippen LogP contribution in [0.5, 0.6) is 5.75 Å². The van der Waals surface area contributed by atoms with Crippen LogP contribution in [-0.2, 0) is 4.79 Å². The highest BCUT2D eigenvalue weighted by molar-refractivity contribution is 5.83. The van der Waals surface area contributed by atoms with Gasteiger partial charge in [-0.2, -0.15) is 4.98 Å². The number of halogens is 1. The molecular formula is C27H33FN4O2. The third-order valence-electron chi connectivity index (χ3n) is 8.13. The average Bonchev–Trinajstić information content (AvgIpc) is 3.73. The number of carbonyl (C=O) groups is 1.